The fourth-order valence-electron chi connectivity index (χ4n) is 3.00. The summed E-state index contributed by atoms with van der Waals surface area (Å²) in [5.41, 5.74) is 0.212. The fourth-order valence-corrected chi connectivity index (χ4v) is 3.00. The zero-order valence-corrected chi connectivity index (χ0v) is 12.8. The number of H-pyrrole nitrogens is 3. The summed E-state index contributed by atoms with van der Waals surface area (Å²) in [5, 5.41) is 9.80. The molecule has 4 rings (SSSR count). The Bertz CT molecular complexity index is 903. The van der Waals surface area contributed by atoms with Crippen LogP contribution in [0.1, 0.15) is 32.1 Å². The van der Waals surface area contributed by atoms with Crippen molar-refractivity contribution < 1.29 is 5.11 Å². The average molecular weight is 316 g/mol. The van der Waals surface area contributed by atoms with Crippen LogP contribution in [0.5, 0.6) is 0 Å². The average Bonchev–Trinajstić information content (AvgIpc) is 3.05. The maximum Gasteiger partial charge on any atom is 0.326 e. The molecule has 0 amide bonds. The Labute approximate surface area is 131 Å². The van der Waals surface area contributed by atoms with Crippen molar-refractivity contribution >= 4 is 21.9 Å². The second-order valence-corrected chi connectivity index (χ2v) is 5.88. The lowest BCUT2D eigenvalue weighted by atomic mass is 9.90. The van der Waals surface area contributed by atoms with Crippen LogP contribution in [0.4, 0.5) is 0 Å². The van der Waals surface area contributed by atoms with Gasteiger partial charge in [0.05, 0.1) is 10.9 Å². The Morgan fingerprint density at radius 2 is 1.91 bits per heavy atom. The summed E-state index contributed by atoms with van der Waals surface area (Å²) < 4.78 is 0. The zero-order valence-electron chi connectivity index (χ0n) is 12.8. The molecule has 3 heterocycles. The predicted octanol–water partition coefficient (Wildman–Crippen LogP) is 1.65. The molecule has 0 spiro atoms. The maximum atomic E-state index is 11.4. The highest BCUT2D eigenvalue weighted by Crippen LogP contribution is 2.22. The van der Waals surface area contributed by atoms with Crippen LogP contribution in [0, 0.1) is 5.92 Å². The van der Waals surface area contributed by atoms with Crippen LogP contribution in [0.15, 0.2) is 28.0 Å². The number of pyridine rings is 1. The molecule has 1 aliphatic rings. The largest absolute Gasteiger partial charge is 0.396 e. The monoisotopic (exact) mass is 316 g/mol. The third kappa shape index (κ3) is 3.34. The van der Waals surface area contributed by atoms with Crippen molar-refractivity contribution in [2.45, 2.75) is 32.1 Å². The molecule has 0 atom stereocenters. The van der Waals surface area contributed by atoms with E-state index in [1.54, 1.807) is 12.3 Å². The Balaban J connectivity index is 0.000000166. The van der Waals surface area contributed by atoms with Gasteiger partial charge in [0, 0.05) is 24.4 Å². The minimum Gasteiger partial charge on any atom is -0.396 e. The molecule has 7 heteroatoms. The summed E-state index contributed by atoms with van der Waals surface area (Å²) >= 11 is 0. The molecule has 1 fully saturated rings. The van der Waals surface area contributed by atoms with E-state index in [0.29, 0.717) is 29.1 Å². The summed E-state index contributed by atoms with van der Waals surface area (Å²) in [7, 11) is 0. The van der Waals surface area contributed by atoms with Gasteiger partial charge in [-0.2, -0.15) is 0 Å². The van der Waals surface area contributed by atoms with Crippen molar-refractivity contribution in [2.24, 2.45) is 5.92 Å². The Hall–Kier alpha value is -2.41. The summed E-state index contributed by atoms with van der Waals surface area (Å²) in [6.45, 7) is 0.417. The molecule has 3 aromatic heterocycles. The first kappa shape index (κ1) is 15.5. The van der Waals surface area contributed by atoms with E-state index in [1.165, 1.54) is 38.3 Å². The zero-order chi connectivity index (χ0) is 16.2. The minimum absolute atomic E-state index is 0.377. The minimum atomic E-state index is -0.513. The molecule has 0 aliphatic heterocycles. The first-order valence-electron chi connectivity index (χ1n) is 7.88. The van der Waals surface area contributed by atoms with Crippen molar-refractivity contribution in [3.63, 3.8) is 0 Å². The molecule has 0 unspecified atom stereocenters. The van der Waals surface area contributed by atoms with Gasteiger partial charge in [-0.3, -0.25) is 9.78 Å². The van der Waals surface area contributed by atoms with Gasteiger partial charge in [0.25, 0.3) is 5.56 Å². The van der Waals surface area contributed by atoms with E-state index in [9.17, 15) is 9.59 Å². The van der Waals surface area contributed by atoms with Gasteiger partial charge < -0.3 is 15.1 Å². The van der Waals surface area contributed by atoms with E-state index in [4.69, 9.17) is 5.11 Å². The van der Waals surface area contributed by atoms with Crippen LogP contribution >= 0.6 is 0 Å². The smallest absolute Gasteiger partial charge is 0.326 e. The number of hydrogen-bond donors (Lipinski definition) is 4. The molecular weight excluding hydrogens is 296 g/mol. The number of nitrogens with one attached hydrogen (secondary N) is 3. The number of aromatic amines is 3. The van der Waals surface area contributed by atoms with Crippen LogP contribution in [0.3, 0.4) is 0 Å². The topological polar surface area (TPSA) is 115 Å². The summed E-state index contributed by atoms with van der Waals surface area (Å²) in [6.07, 6.45) is 9.72. The normalized spacial score (nSPS) is 15.5. The van der Waals surface area contributed by atoms with Crippen molar-refractivity contribution in [3.05, 3.63) is 39.3 Å². The van der Waals surface area contributed by atoms with E-state index < -0.39 is 11.2 Å². The van der Waals surface area contributed by atoms with Gasteiger partial charge >= 0.3 is 5.69 Å². The Morgan fingerprint density at radius 3 is 2.61 bits per heavy atom. The number of aliphatic hydroxyl groups excluding tert-OH is 1. The van der Waals surface area contributed by atoms with Gasteiger partial charge in [-0.05, 0) is 24.8 Å². The van der Waals surface area contributed by atoms with Crippen LogP contribution < -0.4 is 11.2 Å². The lowest BCUT2D eigenvalue weighted by Crippen LogP contribution is -2.21. The summed E-state index contributed by atoms with van der Waals surface area (Å²) in [5.74, 6) is 0.642. The Morgan fingerprint density at radius 1 is 1.13 bits per heavy atom. The lowest BCUT2D eigenvalue weighted by Gasteiger charge is -2.18. The fraction of sp³-hybridized carbons (Fsp3) is 0.438. The highest BCUT2D eigenvalue weighted by atomic mass is 16.3. The van der Waals surface area contributed by atoms with Crippen molar-refractivity contribution in [2.75, 3.05) is 6.61 Å². The van der Waals surface area contributed by atoms with Crippen LogP contribution in [0.25, 0.3) is 21.9 Å². The van der Waals surface area contributed by atoms with E-state index in [1.807, 2.05) is 0 Å². The van der Waals surface area contributed by atoms with Gasteiger partial charge in [0.1, 0.15) is 5.65 Å². The molecule has 0 radical (unpaired) electrons. The number of nitrogens with zero attached hydrogens (tertiary/aromatic N) is 1. The van der Waals surface area contributed by atoms with Crippen molar-refractivity contribution in [1.29, 1.82) is 0 Å². The third-order valence-electron chi connectivity index (χ3n) is 4.28. The summed E-state index contributed by atoms with van der Waals surface area (Å²) in [6, 6.07) is 1.76. The number of aliphatic hydroxyl groups is 1. The standard InChI is InChI=1S/C9H6N4O2.C7H14O/c14-8-5-3-11-7-4(1-2-10-7)6(5)12-9(15)13-8;8-6-7-4-2-1-3-5-7/h1-3H,(H,10,11)(H2,12,13,14,15);7-8H,1-6H2. The lowest BCUT2D eigenvalue weighted by molar-refractivity contribution is 0.190. The molecule has 0 aromatic carbocycles. The molecular formula is C16H20N4O3. The molecule has 23 heavy (non-hydrogen) atoms. The predicted molar refractivity (Wildman–Crippen MR) is 88.5 cm³/mol. The second kappa shape index (κ2) is 6.78. The molecule has 1 saturated carbocycles. The quantitative estimate of drug-likeness (QED) is 0.546. The van der Waals surface area contributed by atoms with Crippen molar-refractivity contribution in [1.82, 2.24) is 19.9 Å². The molecule has 7 nitrogen and oxygen atoms in total. The number of aromatic nitrogens is 4. The molecule has 122 valence electrons. The molecule has 4 N–H and O–H groups in total. The van der Waals surface area contributed by atoms with E-state index in [0.717, 1.165) is 5.39 Å². The first-order valence-corrected chi connectivity index (χ1v) is 7.88. The van der Waals surface area contributed by atoms with Crippen LogP contribution in [-0.2, 0) is 0 Å². The SMILES string of the molecule is O=c1[nH]c(=O)c2cnc3[nH]ccc3c2[nH]1.OCC1CCCCC1. The first-order chi connectivity index (χ1) is 11.2. The van der Waals surface area contributed by atoms with Gasteiger partial charge in [0.2, 0.25) is 0 Å². The third-order valence-corrected chi connectivity index (χ3v) is 4.28. The molecule has 3 aromatic rings. The maximum absolute atomic E-state index is 11.4. The van der Waals surface area contributed by atoms with Crippen LogP contribution in [-0.4, -0.2) is 31.6 Å². The van der Waals surface area contributed by atoms with Crippen molar-refractivity contribution in [3.8, 4) is 0 Å². The van der Waals surface area contributed by atoms with E-state index in [2.05, 4.69) is 19.9 Å². The van der Waals surface area contributed by atoms with Gasteiger partial charge in [-0.15, -0.1) is 0 Å². The highest BCUT2D eigenvalue weighted by molar-refractivity contribution is 6.01. The molecule has 0 bridgehead atoms. The van der Waals surface area contributed by atoms with Gasteiger partial charge in [0.15, 0.2) is 0 Å². The molecule has 1 aliphatic carbocycles. The summed E-state index contributed by atoms with van der Waals surface area (Å²) in [4.78, 5) is 34.3. The number of fused-ring (bicyclic) bond motifs is 3. The highest BCUT2D eigenvalue weighted by Gasteiger charge is 2.10. The van der Waals surface area contributed by atoms with Gasteiger partial charge in [-0.25, -0.2) is 9.78 Å². The van der Waals surface area contributed by atoms with E-state index in [-0.39, 0.29) is 0 Å². The van der Waals surface area contributed by atoms with E-state index >= 15 is 0 Å². The second-order valence-electron chi connectivity index (χ2n) is 5.88. The number of hydrogen-bond acceptors (Lipinski definition) is 4. The number of rotatable bonds is 1. The molecule has 0 saturated heterocycles. The Kier molecular flexibility index (Phi) is 4.57. The van der Waals surface area contributed by atoms with Crippen LogP contribution in [0.2, 0.25) is 0 Å². The van der Waals surface area contributed by atoms with Gasteiger partial charge in [-0.1, -0.05) is 19.3 Å².